The molecule has 0 spiro atoms. The molecular weight excluding hydrogens is 270 g/mol. The Hall–Kier alpha value is -2.26. The first-order chi connectivity index (χ1) is 10.1. The summed E-state index contributed by atoms with van der Waals surface area (Å²) in [6.45, 7) is 4.39. The van der Waals surface area contributed by atoms with E-state index in [1.165, 1.54) is 13.2 Å². The molecule has 0 aromatic heterocycles. The number of benzene rings is 1. The maximum Gasteiger partial charge on any atom is 0.254 e. The number of ether oxygens (including phenoxy) is 1. The van der Waals surface area contributed by atoms with Gasteiger partial charge in [-0.1, -0.05) is 0 Å². The van der Waals surface area contributed by atoms with E-state index in [1.54, 1.807) is 17.0 Å². The predicted octanol–water partition coefficient (Wildman–Crippen LogP) is 1.07. The Morgan fingerprint density at radius 2 is 2.05 bits per heavy atom. The number of amides is 1. The van der Waals surface area contributed by atoms with Crippen molar-refractivity contribution in [3.63, 3.8) is 0 Å². The minimum atomic E-state index is -0.132. The van der Waals surface area contributed by atoms with Crippen LogP contribution in [0.15, 0.2) is 18.2 Å². The molecule has 1 atom stereocenters. The highest BCUT2D eigenvalue weighted by Gasteiger charge is 2.25. The average molecular weight is 289 g/mol. The van der Waals surface area contributed by atoms with E-state index < -0.39 is 0 Å². The molecule has 1 aliphatic heterocycles. The first-order valence-electron chi connectivity index (χ1n) is 6.86. The van der Waals surface area contributed by atoms with Crippen LogP contribution in [-0.2, 0) is 0 Å². The Balaban J connectivity index is 2.02. The molecule has 2 rings (SSSR count). The lowest BCUT2D eigenvalue weighted by molar-refractivity contribution is 0.0615. The Bertz CT molecular complexity index is 560. The number of methoxy groups -OCH3 is 1. The van der Waals surface area contributed by atoms with Crippen LogP contribution in [0.5, 0.6) is 11.5 Å². The number of aromatic hydroxyl groups is 1. The summed E-state index contributed by atoms with van der Waals surface area (Å²) < 4.78 is 4.97. The molecule has 6 nitrogen and oxygen atoms in total. The number of nitriles is 1. The molecule has 1 heterocycles. The van der Waals surface area contributed by atoms with Crippen molar-refractivity contribution in [1.82, 2.24) is 9.80 Å². The molecule has 0 radical (unpaired) electrons. The molecule has 1 amide bonds. The molecule has 1 aliphatic rings. The number of carbonyl (C=O) groups is 1. The summed E-state index contributed by atoms with van der Waals surface area (Å²) in [4.78, 5) is 16.2. The summed E-state index contributed by atoms with van der Waals surface area (Å²) in [7, 11) is 1.46. The lowest BCUT2D eigenvalue weighted by atomic mass is 10.1. The number of rotatable bonds is 3. The van der Waals surface area contributed by atoms with Crippen molar-refractivity contribution in [3.05, 3.63) is 23.8 Å². The Labute approximate surface area is 124 Å². The molecule has 1 aromatic carbocycles. The topological polar surface area (TPSA) is 76.8 Å². The van der Waals surface area contributed by atoms with E-state index in [1.807, 2.05) is 6.92 Å². The van der Waals surface area contributed by atoms with Gasteiger partial charge in [0.15, 0.2) is 11.5 Å². The minimum absolute atomic E-state index is 0.0416. The zero-order valence-corrected chi connectivity index (χ0v) is 12.2. The average Bonchev–Trinajstić information content (AvgIpc) is 2.53. The van der Waals surface area contributed by atoms with E-state index in [-0.39, 0.29) is 17.7 Å². The third kappa shape index (κ3) is 3.26. The van der Waals surface area contributed by atoms with Gasteiger partial charge in [-0.25, -0.2) is 0 Å². The van der Waals surface area contributed by atoms with Gasteiger partial charge in [0, 0.05) is 31.7 Å². The molecule has 21 heavy (non-hydrogen) atoms. The number of hydrogen-bond acceptors (Lipinski definition) is 5. The summed E-state index contributed by atoms with van der Waals surface area (Å²) >= 11 is 0. The standard InChI is InChI=1S/C15H19N3O3/c1-11(10-16)17-5-7-18(8-6-17)15(20)12-3-4-14(21-2)13(19)9-12/h3-4,9,11,19H,5-8H2,1-2H3. The largest absolute Gasteiger partial charge is 0.504 e. The predicted molar refractivity (Wildman–Crippen MR) is 77.2 cm³/mol. The lowest BCUT2D eigenvalue weighted by Crippen LogP contribution is -2.51. The molecular formula is C15H19N3O3. The van der Waals surface area contributed by atoms with E-state index in [2.05, 4.69) is 11.0 Å². The zero-order chi connectivity index (χ0) is 15.4. The van der Waals surface area contributed by atoms with Crippen LogP contribution in [0.25, 0.3) is 0 Å². The van der Waals surface area contributed by atoms with Gasteiger partial charge in [-0.05, 0) is 25.1 Å². The smallest absolute Gasteiger partial charge is 0.254 e. The number of piperazine rings is 1. The second-order valence-corrected chi connectivity index (χ2v) is 5.02. The fourth-order valence-electron chi connectivity index (χ4n) is 2.40. The van der Waals surface area contributed by atoms with Gasteiger partial charge in [0.05, 0.1) is 19.2 Å². The highest BCUT2D eigenvalue weighted by atomic mass is 16.5. The van der Waals surface area contributed by atoms with Gasteiger partial charge in [0.25, 0.3) is 5.91 Å². The molecule has 0 saturated carbocycles. The SMILES string of the molecule is COc1ccc(C(=O)N2CCN(C(C)C#N)CC2)cc1O. The lowest BCUT2D eigenvalue weighted by Gasteiger charge is -2.35. The maximum atomic E-state index is 12.4. The van der Waals surface area contributed by atoms with Crippen molar-refractivity contribution in [2.45, 2.75) is 13.0 Å². The third-order valence-corrected chi connectivity index (χ3v) is 3.76. The summed E-state index contributed by atoms with van der Waals surface area (Å²) in [5.74, 6) is 0.191. The van der Waals surface area contributed by atoms with Crippen LogP contribution >= 0.6 is 0 Å². The van der Waals surface area contributed by atoms with E-state index in [0.29, 0.717) is 37.5 Å². The van der Waals surface area contributed by atoms with Gasteiger partial charge in [0.2, 0.25) is 0 Å². The van der Waals surface area contributed by atoms with E-state index in [4.69, 9.17) is 10.00 Å². The van der Waals surface area contributed by atoms with Crippen LogP contribution < -0.4 is 4.74 Å². The van der Waals surface area contributed by atoms with Gasteiger partial charge in [-0.2, -0.15) is 5.26 Å². The van der Waals surface area contributed by atoms with Crippen LogP contribution in [0.2, 0.25) is 0 Å². The second kappa shape index (κ2) is 6.46. The Morgan fingerprint density at radius 1 is 1.38 bits per heavy atom. The van der Waals surface area contributed by atoms with Crippen molar-refractivity contribution >= 4 is 5.91 Å². The van der Waals surface area contributed by atoms with Crippen molar-refractivity contribution in [2.75, 3.05) is 33.3 Å². The Morgan fingerprint density at radius 3 is 2.57 bits per heavy atom. The fourth-order valence-corrected chi connectivity index (χ4v) is 2.40. The van der Waals surface area contributed by atoms with E-state index in [9.17, 15) is 9.90 Å². The quantitative estimate of drug-likeness (QED) is 0.900. The van der Waals surface area contributed by atoms with Gasteiger partial charge in [-0.3, -0.25) is 9.69 Å². The molecule has 1 aromatic rings. The van der Waals surface area contributed by atoms with Crippen LogP contribution in [0.1, 0.15) is 17.3 Å². The van der Waals surface area contributed by atoms with Gasteiger partial charge < -0.3 is 14.7 Å². The highest BCUT2D eigenvalue weighted by molar-refractivity contribution is 5.95. The van der Waals surface area contributed by atoms with Gasteiger partial charge in [0.1, 0.15) is 0 Å². The van der Waals surface area contributed by atoms with Crippen molar-refractivity contribution < 1.29 is 14.6 Å². The molecule has 112 valence electrons. The van der Waals surface area contributed by atoms with Gasteiger partial charge >= 0.3 is 0 Å². The Kier molecular flexibility index (Phi) is 4.66. The molecule has 1 saturated heterocycles. The third-order valence-electron chi connectivity index (χ3n) is 3.76. The maximum absolute atomic E-state index is 12.4. The second-order valence-electron chi connectivity index (χ2n) is 5.02. The first-order valence-corrected chi connectivity index (χ1v) is 6.86. The summed E-state index contributed by atoms with van der Waals surface area (Å²) in [5.41, 5.74) is 0.440. The number of carbonyl (C=O) groups excluding carboxylic acids is 1. The molecule has 6 heteroatoms. The van der Waals surface area contributed by atoms with Crippen LogP contribution in [0.4, 0.5) is 0 Å². The highest BCUT2D eigenvalue weighted by Crippen LogP contribution is 2.26. The summed E-state index contributed by atoms with van der Waals surface area (Å²) in [6.07, 6.45) is 0. The van der Waals surface area contributed by atoms with Gasteiger partial charge in [-0.15, -0.1) is 0 Å². The zero-order valence-electron chi connectivity index (χ0n) is 12.2. The van der Waals surface area contributed by atoms with Crippen LogP contribution in [0, 0.1) is 11.3 Å². The number of phenolic OH excluding ortho intramolecular Hbond substituents is 1. The number of nitrogens with zero attached hydrogens (tertiary/aromatic N) is 3. The summed E-state index contributed by atoms with van der Waals surface area (Å²) in [5, 5.41) is 18.7. The molecule has 0 aliphatic carbocycles. The van der Waals surface area contributed by atoms with Crippen LogP contribution in [0.3, 0.4) is 0 Å². The molecule has 0 bridgehead atoms. The first kappa shape index (κ1) is 15.1. The van der Waals surface area contributed by atoms with Crippen molar-refractivity contribution in [3.8, 4) is 17.6 Å². The monoisotopic (exact) mass is 289 g/mol. The van der Waals surface area contributed by atoms with E-state index in [0.717, 1.165) is 0 Å². The van der Waals surface area contributed by atoms with Crippen molar-refractivity contribution in [2.24, 2.45) is 0 Å². The minimum Gasteiger partial charge on any atom is -0.504 e. The molecule has 1 fully saturated rings. The van der Waals surface area contributed by atoms with Crippen LogP contribution in [-0.4, -0.2) is 60.1 Å². The number of phenols is 1. The molecule has 1 N–H and O–H groups in total. The van der Waals surface area contributed by atoms with Crippen molar-refractivity contribution in [1.29, 1.82) is 5.26 Å². The fraction of sp³-hybridized carbons (Fsp3) is 0.467. The summed E-state index contributed by atoms with van der Waals surface area (Å²) in [6, 6.07) is 6.72. The molecule has 1 unspecified atom stereocenters. The normalized spacial score (nSPS) is 17.1. The number of hydrogen-bond donors (Lipinski definition) is 1. The van der Waals surface area contributed by atoms with E-state index >= 15 is 0 Å².